The van der Waals surface area contributed by atoms with E-state index in [1.54, 1.807) is 0 Å². The number of likely N-dealkylation sites (N-methyl/N-ethyl adjacent to an activating group) is 2. The number of nitrogens with one attached hydrogen (secondary N) is 1. The number of carbonyl (C=O) groups is 1. The van der Waals surface area contributed by atoms with Crippen molar-refractivity contribution in [3.8, 4) is 0 Å². The zero-order valence-electron chi connectivity index (χ0n) is 10.4. The number of carbonyl (C=O) groups excluding carboxylic acids is 1. The molecule has 1 atom stereocenters. The first-order valence-corrected chi connectivity index (χ1v) is 6.43. The molecule has 1 saturated heterocycles. The molecule has 16 heavy (non-hydrogen) atoms. The van der Waals surface area contributed by atoms with Gasteiger partial charge in [0.1, 0.15) is 0 Å². The summed E-state index contributed by atoms with van der Waals surface area (Å²) in [5, 5.41) is 3.28. The van der Waals surface area contributed by atoms with Crippen LogP contribution in [0.4, 0.5) is 0 Å². The summed E-state index contributed by atoms with van der Waals surface area (Å²) in [4.78, 5) is 16.4. The van der Waals surface area contributed by atoms with Gasteiger partial charge in [-0.2, -0.15) is 0 Å². The van der Waals surface area contributed by atoms with Crippen molar-refractivity contribution in [3.05, 3.63) is 0 Å². The van der Waals surface area contributed by atoms with Gasteiger partial charge in [0, 0.05) is 31.7 Å². The summed E-state index contributed by atoms with van der Waals surface area (Å²) in [7, 11) is 2.00. The summed E-state index contributed by atoms with van der Waals surface area (Å²) in [6.07, 6.45) is 3.58. The smallest absolute Gasteiger partial charge is 0.236 e. The number of rotatable bonds is 5. The largest absolute Gasteiger partial charge is 0.339 e. The second kappa shape index (κ2) is 5.15. The standard InChI is InChI=1S/C12H23N3O/c1-3-15(11-4-5-11)12(16)9-14-7-6-10(8-14)13-2/h10-11,13H,3-9H2,1-2H3. The monoisotopic (exact) mass is 225 g/mol. The van der Waals surface area contributed by atoms with Crippen molar-refractivity contribution in [1.82, 2.24) is 15.1 Å². The van der Waals surface area contributed by atoms with E-state index in [1.165, 1.54) is 19.3 Å². The lowest BCUT2D eigenvalue weighted by Gasteiger charge is -2.24. The van der Waals surface area contributed by atoms with Crippen LogP contribution in [-0.4, -0.2) is 61.0 Å². The molecule has 0 aromatic rings. The highest BCUT2D eigenvalue weighted by Crippen LogP contribution is 2.26. The molecule has 0 radical (unpaired) electrons. The molecule has 92 valence electrons. The number of hydrogen-bond donors (Lipinski definition) is 1. The Morgan fingerprint density at radius 3 is 2.69 bits per heavy atom. The van der Waals surface area contributed by atoms with Crippen LogP contribution in [0.1, 0.15) is 26.2 Å². The van der Waals surface area contributed by atoms with Crippen LogP contribution in [0.15, 0.2) is 0 Å². The van der Waals surface area contributed by atoms with Crippen LogP contribution >= 0.6 is 0 Å². The van der Waals surface area contributed by atoms with E-state index in [0.29, 0.717) is 24.5 Å². The van der Waals surface area contributed by atoms with E-state index in [9.17, 15) is 4.79 Å². The van der Waals surface area contributed by atoms with Gasteiger partial charge < -0.3 is 10.2 Å². The fourth-order valence-electron chi connectivity index (χ4n) is 2.52. The van der Waals surface area contributed by atoms with E-state index in [1.807, 2.05) is 11.9 Å². The zero-order valence-corrected chi connectivity index (χ0v) is 10.4. The van der Waals surface area contributed by atoms with Gasteiger partial charge in [0.2, 0.25) is 5.91 Å². The van der Waals surface area contributed by atoms with E-state index in [4.69, 9.17) is 0 Å². The SMILES string of the molecule is CCN(C(=O)CN1CCC(NC)C1)C1CC1. The summed E-state index contributed by atoms with van der Waals surface area (Å²) in [5.41, 5.74) is 0. The molecule has 1 aliphatic heterocycles. The predicted octanol–water partition coefficient (Wildman–Crippen LogP) is 0.291. The Bertz CT molecular complexity index is 253. The van der Waals surface area contributed by atoms with Crippen LogP contribution in [-0.2, 0) is 4.79 Å². The topological polar surface area (TPSA) is 35.6 Å². The quantitative estimate of drug-likeness (QED) is 0.730. The van der Waals surface area contributed by atoms with Crippen LogP contribution in [0.5, 0.6) is 0 Å². The normalized spacial score (nSPS) is 26.0. The van der Waals surface area contributed by atoms with Crippen molar-refractivity contribution in [3.63, 3.8) is 0 Å². The van der Waals surface area contributed by atoms with Gasteiger partial charge in [-0.3, -0.25) is 9.69 Å². The van der Waals surface area contributed by atoms with Crippen molar-refractivity contribution in [1.29, 1.82) is 0 Å². The lowest BCUT2D eigenvalue weighted by atomic mass is 10.3. The van der Waals surface area contributed by atoms with Crippen molar-refractivity contribution in [2.75, 3.05) is 33.2 Å². The fourth-order valence-corrected chi connectivity index (χ4v) is 2.52. The van der Waals surface area contributed by atoms with Crippen molar-refractivity contribution < 1.29 is 4.79 Å². The van der Waals surface area contributed by atoms with E-state index in [-0.39, 0.29) is 0 Å². The molecule has 2 rings (SSSR count). The molecule has 0 bridgehead atoms. The van der Waals surface area contributed by atoms with Gasteiger partial charge >= 0.3 is 0 Å². The number of amides is 1. The highest BCUT2D eigenvalue weighted by Gasteiger charge is 2.32. The highest BCUT2D eigenvalue weighted by molar-refractivity contribution is 5.79. The van der Waals surface area contributed by atoms with Crippen LogP contribution in [0.25, 0.3) is 0 Å². The molecule has 1 aliphatic carbocycles. The van der Waals surface area contributed by atoms with E-state index in [2.05, 4.69) is 17.1 Å². The number of nitrogens with zero attached hydrogens (tertiary/aromatic N) is 2. The fraction of sp³-hybridized carbons (Fsp3) is 0.917. The third-order valence-electron chi connectivity index (χ3n) is 3.69. The maximum atomic E-state index is 12.1. The Balaban J connectivity index is 1.78. The van der Waals surface area contributed by atoms with Gasteiger partial charge in [0.15, 0.2) is 0 Å². The van der Waals surface area contributed by atoms with Gasteiger partial charge in [0.05, 0.1) is 6.54 Å². The van der Waals surface area contributed by atoms with E-state index in [0.717, 1.165) is 19.6 Å². The molecule has 4 nitrogen and oxygen atoms in total. The molecule has 0 aromatic heterocycles. The molecule has 4 heteroatoms. The average Bonchev–Trinajstić information content (AvgIpc) is 2.99. The Labute approximate surface area is 98.0 Å². The maximum absolute atomic E-state index is 12.1. The number of hydrogen-bond acceptors (Lipinski definition) is 3. The van der Waals surface area contributed by atoms with Gasteiger partial charge in [0.25, 0.3) is 0 Å². The summed E-state index contributed by atoms with van der Waals surface area (Å²) < 4.78 is 0. The molecule has 1 unspecified atom stereocenters. The van der Waals surface area contributed by atoms with Crippen LogP contribution in [0, 0.1) is 0 Å². The summed E-state index contributed by atoms with van der Waals surface area (Å²) in [6, 6.07) is 1.13. The lowest BCUT2D eigenvalue weighted by Crippen LogP contribution is -2.41. The second-order valence-corrected chi connectivity index (χ2v) is 4.92. The Morgan fingerprint density at radius 1 is 1.44 bits per heavy atom. The minimum absolute atomic E-state index is 0.321. The lowest BCUT2D eigenvalue weighted by molar-refractivity contribution is -0.132. The van der Waals surface area contributed by atoms with Gasteiger partial charge in [-0.15, -0.1) is 0 Å². The van der Waals surface area contributed by atoms with Gasteiger partial charge in [-0.1, -0.05) is 0 Å². The van der Waals surface area contributed by atoms with E-state index >= 15 is 0 Å². The van der Waals surface area contributed by atoms with Crippen molar-refractivity contribution >= 4 is 5.91 Å². The van der Waals surface area contributed by atoms with Crippen LogP contribution in [0.2, 0.25) is 0 Å². The zero-order chi connectivity index (χ0) is 11.5. The average molecular weight is 225 g/mol. The Hall–Kier alpha value is -0.610. The first kappa shape index (κ1) is 11.9. The first-order chi connectivity index (χ1) is 7.74. The minimum Gasteiger partial charge on any atom is -0.339 e. The molecular formula is C12H23N3O. The summed E-state index contributed by atoms with van der Waals surface area (Å²) in [5.74, 6) is 0.321. The molecule has 2 aliphatic rings. The van der Waals surface area contributed by atoms with Crippen LogP contribution < -0.4 is 5.32 Å². The van der Waals surface area contributed by atoms with Crippen molar-refractivity contribution in [2.45, 2.75) is 38.3 Å². The summed E-state index contributed by atoms with van der Waals surface area (Å²) in [6.45, 7) is 5.63. The van der Waals surface area contributed by atoms with E-state index < -0.39 is 0 Å². The molecule has 1 N–H and O–H groups in total. The number of likely N-dealkylation sites (tertiary alicyclic amines) is 1. The van der Waals surface area contributed by atoms with Crippen molar-refractivity contribution in [2.24, 2.45) is 0 Å². The first-order valence-electron chi connectivity index (χ1n) is 6.43. The van der Waals surface area contributed by atoms with Gasteiger partial charge in [-0.25, -0.2) is 0 Å². The Morgan fingerprint density at radius 2 is 2.19 bits per heavy atom. The third kappa shape index (κ3) is 2.74. The molecule has 1 heterocycles. The molecule has 0 spiro atoms. The molecular weight excluding hydrogens is 202 g/mol. The second-order valence-electron chi connectivity index (χ2n) is 4.92. The highest BCUT2D eigenvalue weighted by atomic mass is 16.2. The molecule has 2 fully saturated rings. The Kier molecular flexibility index (Phi) is 3.82. The third-order valence-corrected chi connectivity index (χ3v) is 3.69. The minimum atomic E-state index is 0.321. The predicted molar refractivity (Wildman–Crippen MR) is 64.3 cm³/mol. The molecule has 1 amide bonds. The molecule has 1 saturated carbocycles. The molecule has 0 aromatic carbocycles. The maximum Gasteiger partial charge on any atom is 0.236 e. The summed E-state index contributed by atoms with van der Waals surface area (Å²) >= 11 is 0. The van der Waals surface area contributed by atoms with Gasteiger partial charge in [-0.05, 0) is 33.2 Å². The van der Waals surface area contributed by atoms with Crippen LogP contribution in [0.3, 0.4) is 0 Å².